The van der Waals surface area contributed by atoms with E-state index in [1.54, 1.807) is 0 Å². The van der Waals surface area contributed by atoms with Crippen molar-refractivity contribution < 1.29 is 4.79 Å². The summed E-state index contributed by atoms with van der Waals surface area (Å²) in [5, 5.41) is 5.94. The molecule has 0 radical (unpaired) electrons. The molecule has 1 heterocycles. The van der Waals surface area contributed by atoms with Crippen LogP contribution in [-0.4, -0.2) is 37.1 Å². The van der Waals surface area contributed by atoms with E-state index in [0.29, 0.717) is 0 Å². The Bertz CT molecular complexity index is 463. The fraction of sp³-hybridized carbons (Fsp3) is 0.500. The van der Waals surface area contributed by atoms with Gasteiger partial charge in [-0.25, -0.2) is 4.79 Å². The highest BCUT2D eigenvalue weighted by atomic mass is 16.2. The summed E-state index contributed by atoms with van der Waals surface area (Å²) in [5.74, 6) is 0. The topological polar surface area (TPSA) is 44.4 Å². The Labute approximate surface area is 107 Å². The molecule has 1 spiro atoms. The first kappa shape index (κ1) is 11.5. The van der Waals surface area contributed by atoms with Crippen molar-refractivity contribution in [2.75, 3.05) is 20.6 Å². The summed E-state index contributed by atoms with van der Waals surface area (Å²) in [4.78, 5) is 13.6. The molecule has 1 aromatic rings. The lowest BCUT2D eigenvalue weighted by molar-refractivity contribution is -0.0179. The summed E-state index contributed by atoms with van der Waals surface area (Å²) in [6.07, 6.45) is 1.94. The molecule has 0 aromatic heterocycles. The Morgan fingerprint density at radius 1 is 1.17 bits per heavy atom. The monoisotopic (exact) mass is 245 g/mol. The highest BCUT2D eigenvalue weighted by molar-refractivity contribution is 5.78. The number of hydrogen-bond donors (Lipinski definition) is 2. The zero-order valence-corrected chi connectivity index (χ0v) is 10.9. The second kappa shape index (κ2) is 3.72. The second-order valence-electron chi connectivity index (χ2n) is 5.73. The molecule has 4 heteroatoms. The molecule has 2 aliphatic rings. The Hall–Kier alpha value is -1.55. The lowest BCUT2D eigenvalue weighted by Gasteiger charge is -2.57. The van der Waals surface area contributed by atoms with Gasteiger partial charge >= 0.3 is 6.03 Å². The van der Waals surface area contributed by atoms with Crippen molar-refractivity contribution in [1.82, 2.24) is 15.5 Å². The maximum absolute atomic E-state index is 11.3. The van der Waals surface area contributed by atoms with Gasteiger partial charge in [0.1, 0.15) is 0 Å². The van der Waals surface area contributed by atoms with Crippen LogP contribution in [0.4, 0.5) is 4.79 Å². The molecular formula is C14H19N3O. The highest BCUT2D eigenvalue weighted by Crippen LogP contribution is 2.52. The van der Waals surface area contributed by atoms with Crippen LogP contribution < -0.4 is 10.6 Å². The van der Waals surface area contributed by atoms with Gasteiger partial charge in [-0.15, -0.1) is 0 Å². The van der Waals surface area contributed by atoms with Crippen LogP contribution >= 0.6 is 0 Å². The van der Waals surface area contributed by atoms with Gasteiger partial charge in [-0.3, -0.25) is 4.90 Å². The molecule has 1 saturated carbocycles. The predicted molar refractivity (Wildman–Crippen MR) is 70.3 cm³/mol. The van der Waals surface area contributed by atoms with Crippen LogP contribution in [0.15, 0.2) is 30.3 Å². The average Bonchev–Trinajstić information content (AvgIpc) is 2.70. The summed E-state index contributed by atoms with van der Waals surface area (Å²) >= 11 is 0. The fourth-order valence-electron chi connectivity index (χ4n) is 3.39. The smallest absolute Gasteiger partial charge is 0.315 e. The number of carbonyl (C=O) groups excluding carboxylic acids is 1. The molecule has 96 valence electrons. The van der Waals surface area contributed by atoms with Crippen LogP contribution in [0.3, 0.4) is 0 Å². The van der Waals surface area contributed by atoms with Gasteiger partial charge < -0.3 is 10.6 Å². The van der Waals surface area contributed by atoms with E-state index < -0.39 is 0 Å². The third-order valence-corrected chi connectivity index (χ3v) is 4.39. The molecule has 2 fully saturated rings. The predicted octanol–water partition coefficient (Wildman–Crippen LogP) is 1.29. The molecular weight excluding hydrogens is 226 g/mol. The molecule has 18 heavy (non-hydrogen) atoms. The minimum absolute atomic E-state index is 0.0320. The molecule has 1 saturated heterocycles. The summed E-state index contributed by atoms with van der Waals surface area (Å²) < 4.78 is 0. The Morgan fingerprint density at radius 2 is 1.83 bits per heavy atom. The number of urea groups is 1. The lowest BCUT2D eigenvalue weighted by atomic mass is 9.59. The molecule has 1 aliphatic heterocycles. The zero-order valence-electron chi connectivity index (χ0n) is 10.9. The van der Waals surface area contributed by atoms with Gasteiger partial charge in [0.05, 0.1) is 11.1 Å². The van der Waals surface area contributed by atoms with Crippen LogP contribution in [-0.2, 0) is 5.54 Å². The number of carbonyl (C=O) groups is 1. The first-order chi connectivity index (χ1) is 8.56. The van der Waals surface area contributed by atoms with Crippen LogP contribution in [0.25, 0.3) is 0 Å². The van der Waals surface area contributed by atoms with E-state index in [1.807, 2.05) is 6.07 Å². The number of amides is 2. The zero-order chi connectivity index (χ0) is 12.8. The quantitative estimate of drug-likeness (QED) is 0.824. The average molecular weight is 245 g/mol. The van der Waals surface area contributed by atoms with Crippen LogP contribution in [0, 0.1) is 0 Å². The third kappa shape index (κ3) is 1.52. The van der Waals surface area contributed by atoms with Gasteiger partial charge in [0.25, 0.3) is 0 Å². The maximum Gasteiger partial charge on any atom is 0.315 e. The van der Waals surface area contributed by atoms with E-state index in [1.165, 1.54) is 5.56 Å². The maximum atomic E-state index is 11.3. The van der Waals surface area contributed by atoms with Crippen molar-refractivity contribution in [2.24, 2.45) is 0 Å². The van der Waals surface area contributed by atoms with E-state index >= 15 is 0 Å². The van der Waals surface area contributed by atoms with Crippen molar-refractivity contribution in [3.05, 3.63) is 35.9 Å². The lowest BCUT2D eigenvalue weighted by Crippen LogP contribution is -2.66. The summed E-state index contributed by atoms with van der Waals surface area (Å²) in [7, 11) is 4.23. The van der Waals surface area contributed by atoms with Crippen molar-refractivity contribution >= 4 is 6.03 Å². The van der Waals surface area contributed by atoms with Gasteiger partial charge in [0.15, 0.2) is 0 Å². The van der Waals surface area contributed by atoms with Crippen LogP contribution in [0.5, 0.6) is 0 Å². The van der Waals surface area contributed by atoms with Gasteiger partial charge in [-0.2, -0.15) is 0 Å². The Kier molecular flexibility index (Phi) is 2.38. The third-order valence-electron chi connectivity index (χ3n) is 4.39. The molecule has 0 atom stereocenters. The summed E-state index contributed by atoms with van der Waals surface area (Å²) in [5.41, 5.74) is 1.35. The molecule has 0 bridgehead atoms. The van der Waals surface area contributed by atoms with E-state index in [-0.39, 0.29) is 17.1 Å². The van der Waals surface area contributed by atoms with Crippen molar-refractivity contribution in [1.29, 1.82) is 0 Å². The molecule has 1 aromatic carbocycles. The minimum atomic E-state index is -0.0444. The van der Waals surface area contributed by atoms with Gasteiger partial charge in [0, 0.05) is 6.54 Å². The Morgan fingerprint density at radius 3 is 2.33 bits per heavy atom. The van der Waals surface area contributed by atoms with Crippen molar-refractivity contribution in [3.8, 4) is 0 Å². The molecule has 4 nitrogen and oxygen atoms in total. The summed E-state index contributed by atoms with van der Waals surface area (Å²) in [6.45, 7) is 0.744. The van der Waals surface area contributed by atoms with E-state index in [9.17, 15) is 4.79 Å². The first-order valence-corrected chi connectivity index (χ1v) is 6.35. The van der Waals surface area contributed by atoms with Crippen molar-refractivity contribution in [2.45, 2.75) is 23.9 Å². The molecule has 2 N–H and O–H groups in total. The van der Waals surface area contributed by atoms with E-state index in [0.717, 1.165) is 19.4 Å². The fourth-order valence-corrected chi connectivity index (χ4v) is 3.39. The summed E-state index contributed by atoms with van der Waals surface area (Å²) in [6, 6.07) is 10.5. The molecule has 0 unspecified atom stereocenters. The van der Waals surface area contributed by atoms with Gasteiger partial charge in [-0.05, 0) is 32.5 Å². The van der Waals surface area contributed by atoms with E-state index in [2.05, 4.69) is 53.9 Å². The van der Waals surface area contributed by atoms with Gasteiger partial charge in [0.2, 0.25) is 0 Å². The largest absolute Gasteiger partial charge is 0.336 e. The highest BCUT2D eigenvalue weighted by Gasteiger charge is 2.59. The normalized spacial score (nSPS) is 34.3. The number of rotatable bonds is 2. The number of nitrogens with one attached hydrogen (secondary N) is 2. The second-order valence-corrected chi connectivity index (χ2v) is 5.73. The van der Waals surface area contributed by atoms with Gasteiger partial charge in [-0.1, -0.05) is 30.3 Å². The van der Waals surface area contributed by atoms with Crippen LogP contribution in [0.2, 0.25) is 0 Å². The van der Waals surface area contributed by atoms with Crippen molar-refractivity contribution in [3.63, 3.8) is 0 Å². The number of hydrogen-bond acceptors (Lipinski definition) is 2. The SMILES string of the molecule is CN(C)C1(c2ccccc2)CC2(CNC(=O)N2)C1. The molecule has 2 amide bonds. The molecule has 3 rings (SSSR count). The number of benzene rings is 1. The minimum Gasteiger partial charge on any atom is -0.336 e. The Balaban J connectivity index is 1.87. The number of nitrogens with zero attached hydrogens (tertiary/aromatic N) is 1. The van der Waals surface area contributed by atoms with Crippen LogP contribution in [0.1, 0.15) is 18.4 Å². The first-order valence-electron chi connectivity index (χ1n) is 6.35. The standard InChI is InChI=1S/C14H19N3O/c1-17(2)14(11-6-4-3-5-7-11)8-13(9-14)10-15-12(18)16-13/h3-7H,8-10H2,1-2H3,(H2,15,16,18). The van der Waals surface area contributed by atoms with E-state index in [4.69, 9.17) is 0 Å². The molecule has 1 aliphatic carbocycles.